The molecule has 0 saturated heterocycles. The van der Waals surface area contributed by atoms with Crippen molar-refractivity contribution in [2.75, 3.05) is 39.3 Å². The first kappa shape index (κ1) is 24.1. The van der Waals surface area contributed by atoms with Gasteiger partial charge in [0.1, 0.15) is 0 Å². The summed E-state index contributed by atoms with van der Waals surface area (Å²) >= 11 is -2.90. The molecule has 1 aliphatic rings. The molecule has 0 amide bonds. The van der Waals surface area contributed by atoms with Gasteiger partial charge in [-0.15, -0.1) is 0 Å². The predicted molar refractivity (Wildman–Crippen MR) is 114 cm³/mol. The Hall–Kier alpha value is 0.0743. The standard InChI is InChI=1S/C10H15.3C4H10N.Ti/c1-10(2,3)8-9-6-4-5-7-9;3*1-3-5-4-2;/h4-7H,8H2,1-3H3;3*3-4H2,1-2H3;/q;3*-1;+3. The van der Waals surface area contributed by atoms with Gasteiger partial charge in [-0.25, -0.2) is 0 Å². The number of allylic oxidation sites excluding steroid dienone is 4. The molecule has 0 N–H and O–H groups in total. The van der Waals surface area contributed by atoms with Gasteiger partial charge in [0, 0.05) is 0 Å². The third-order valence-electron chi connectivity index (χ3n) is 5.96. The van der Waals surface area contributed by atoms with Gasteiger partial charge in [-0.1, -0.05) is 0 Å². The summed E-state index contributed by atoms with van der Waals surface area (Å²) in [5.41, 5.74) is 0.295. The molecule has 0 unspecified atom stereocenters. The van der Waals surface area contributed by atoms with Gasteiger partial charge < -0.3 is 0 Å². The normalized spacial score (nSPS) is 17.2. The van der Waals surface area contributed by atoms with E-state index in [-0.39, 0.29) is 3.72 Å². The molecule has 0 aromatic rings. The molecule has 0 atom stereocenters. The molecular formula is C22H45N3Ti. The van der Waals surface area contributed by atoms with Crippen LogP contribution in [0, 0.1) is 5.41 Å². The van der Waals surface area contributed by atoms with Crippen molar-refractivity contribution in [2.24, 2.45) is 5.41 Å². The van der Waals surface area contributed by atoms with Crippen LogP contribution in [0.3, 0.4) is 0 Å². The fourth-order valence-electron chi connectivity index (χ4n) is 5.32. The van der Waals surface area contributed by atoms with Crippen LogP contribution in [-0.4, -0.2) is 49.4 Å². The average molecular weight is 399 g/mol. The molecule has 0 aliphatic heterocycles. The van der Waals surface area contributed by atoms with Gasteiger partial charge in [0.15, 0.2) is 0 Å². The predicted octanol–water partition coefficient (Wildman–Crippen LogP) is 5.63. The van der Waals surface area contributed by atoms with E-state index in [1.54, 1.807) is 0 Å². The van der Waals surface area contributed by atoms with Crippen LogP contribution < -0.4 is 0 Å². The maximum absolute atomic E-state index is 2.90. The molecule has 0 heterocycles. The summed E-state index contributed by atoms with van der Waals surface area (Å²) < 4.78 is 8.85. The zero-order valence-corrected chi connectivity index (χ0v) is 20.7. The number of nitrogens with zero attached hydrogens (tertiary/aromatic N) is 3. The average Bonchev–Trinajstić information content (AvgIpc) is 3.05. The summed E-state index contributed by atoms with van der Waals surface area (Å²) in [7, 11) is 0. The summed E-state index contributed by atoms with van der Waals surface area (Å²) in [6.45, 7) is 28.2. The minimum atomic E-state index is -2.90. The van der Waals surface area contributed by atoms with Crippen molar-refractivity contribution in [1.29, 1.82) is 0 Å². The molecule has 152 valence electrons. The molecule has 3 nitrogen and oxygen atoms in total. The Morgan fingerprint density at radius 3 is 1.19 bits per heavy atom. The first-order valence-corrected chi connectivity index (χ1v) is 13.7. The Kier molecular flexibility index (Phi) is 9.30. The zero-order chi connectivity index (χ0) is 20.0. The summed E-state index contributed by atoms with van der Waals surface area (Å²) in [5.74, 6) is 0. The van der Waals surface area contributed by atoms with E-state index in [0.29, 0.717) is 5.41 Å². The summed E-state index contributed by atoms with van der Waals surface area (Å²) in [6, 6.07) is 0. The van der Waals surface area contributed by atoms with E-state index in [2.05, 4.69) is 96.8 Å². The van der Waals surface area contributed by atoms with Gasteiger partial charge in [0.05, 0.1) is 0 Å². The van der Waals surface area contributed by atoms with Crippen LogP contribution in [-0.2, 0) is 17.4 Å². The molecule has 0 spiro atoms. The quantitative estimate of drug-likeness (QED) is 0.417. The monoisotopic (exact) mass is 399 g/mol. The van der Waals surface area contributed by atoms with Crippen molar-refractivity contribution >= 4 is 0 Å². The van der Waals surface area contributed by atoms with Crippen LogP contribution in [0.15, 0.2) is 24.3 Å². The van der Waals surface area contributed by atoms with Crippen LogP contribution in [0.2, 0.25) is 3.72 Å². The molecule has 26 heavy (non-hydrogen) atoms. The van der Waals surface area contributed by atoms with Gasteiger partial charge in [-0.05, 0) is 0 Å². The van der Waals surface area contributed by atoms with Crippen molar-refractivity contribution in [1.82, 2.24) is 10.1 Å². The Morgan fingerprint density at radius 1 is 0.654 bits per heavy atom. The van der Waals surface area contributed by atoms with E-state index in [1.807, 2.05) is 0 Å². The molecule has 4 heteroatoms. The van der Waals surface area contributed by atoms with Crippen molar-refractivity contribution in [3.63, 3.8) is 0 Å². The van der Waals surface area contributed by atoms with E-state index >= 15 is 0 Å². The molecule has 0 radical (unpaired) electrons. The van der Waals surface area contributed by atoms with Crippen LogP contribution in [0.4, 0.5) is 0 Å². The van der Waals surface area contributed by atoms with Crippen molar-refractivity contribution in [2.45, 2.75) is 72.5 Å². The van der Waals surface area contributed by atoms with E-state index in [9.17, 15) is 0 Å². The van der Waals surface area contributed by atoms with Crippen molar-refractivity contribution in [3.05, 3.63) is 24.3 Å². The van der Waals surface area contributed by atoms with E-state index in [0.717, 1.165) is 39.3 Å². The Labute approximate surface area is 168 Å². The topological polar surface area (TPSA) is 9.72 Å². The van der Waals surface area contributed by atoms with Gasteiger partial charge in [0.25, 0.3) is 0 Å². The van der Waals surface area contributed by atoms with Crippen LogP contribution in [0.5, 0.6) is 0 Å². The first-order chi connectivity index (χ1) is 12.2. The fourth-order valence-corrected chi connectivity index (χ4v) is 16.3. The van der Waals surface area contributed by atoms with E-state index in [1.165, 1.54) is 6.42 Å². The van der Waals surface area contributed by atoms with Gasteiger partial charge in [-0.3, -0.25) is 0 Å². The molecule has 1 rings (SSSR count). The Bertz CT molecular complexity index is 423. The first-order valence-electron chi connectivity index (χ1n) is 10.8. The summed E-state index contributed by atoms with van der Waals surface area (Å²) in [5, 5.41) is 0. The molecule has 0 fully saturated rings. The van der Waals surface area contributed by atoms with Crippen LogP contribution >= 0.6 is 0 Å². The Morgan fingerprint density at radius 2 is 0.962 bits per heavy atom. The Balaban J connectivity index is 3.83. The molecule has 0 aromatic carbocycles. The summed E-state index contributed by atoms with van der Waals surface area (Å²) in [4.78, 5) is 0. The molecule has 0 bridgehead atoms. The zero-order valence-electron chi connectivity index (χ0n) is 19.1. The van der Waals surface area contributed by atoms with E-state index < -0.39 is 17.4 Å². The molecular weight excluding hydrogens is 354 g/mol. The SMILES string of the molecule is CC[N](CC)[Ti]([N](CC)CC)([N](CC)CC)[C]1(CC(C)(C)C)C=CC=C1. The molecule has 0 saturated carbocycles. The second-order valence-corrected chi connectivity index (χ2v) is 15.0. The van der Waals surface area contributed by atoms with Crippen LogP contribution in [0.25, 0.3) is 0 Å². The second kappa shape index (κ2) is 10.0. The number of hydrogen-bond acceptors (Lipinski definition) is 3. The molecule has 1 aliphatic carbocycles. The van der Waals surface area contributed by atoms with Gasteiger partial charge in [-0.2, -0.15) is 0 Å². The van der Waals surface area contributed by atoms with Crippen molar-refractivity contribution < 1.29 is 17.4 Å². The minimum absolute atomic E-state index is 0.169. The van der Waals surface area contributed by atoms with E-state index in [4.69, 9.17) is 0 Å². The third-order valence-corrected chi connectivity index (χ3v) is 15.8. The maximum atomic E-state index is 2.89. The van der Waals surface area contributed by atoms with Crippen LogP contribution in [0.1, 0.15) is 68.7 Å². The number of hydrogen-bond donors (Lipinski definition) is 0. The molecule has 0 aromatic heterocycles. The number of rotatable bonds is 11. The van der Waals surface area contributed by atoms with Gasteiger partial charge in [0.2, 0.25) is 0 Å². The second-order valence-electron chi connectivity index (χ2n) is 8.65. The van der Waals surface area contributed by atoms with Gasteiger partial charge >= 0.3 is 169 Å². The third kappa shape index (κ3) is 4.38. The summed E-state index contributed by atoms with van der Waals surface area (Å²) in [6.07, 6.45) is 11.0. The fraction of sp³-hybridized carbons (Fsp3) is 0.818. The van der Waals surface area contributed by atoms with Crippen molar-refractivity contribution in [3.8, 4) is 0 Å².